The van der Waals surface area contributed by atoms with Gasteiger partial charge in [-0.05, 0) is 19.4 Å². The molecule has 7 heteroatoms. The molecule has 6 nitrogen and oxygen atoms in total. The first-order valence-electron chi connectivity index (χ1n) is 5.88. The fourth-order valence-electron chi connectivity index (χ4n) is 1.93. The van der Waals surface area contributed by atoms with Gasteiger partial charge in [0, 0.05) is 0 Å². The van der Waals surface area contributed by atoms with Crippen LogP contribution in [0.5, 0.6) is 0 Å². The lowest BCUT2D eigenvalue weighted by Gasteiger charge is -2.18. The van der Waals surface area contributed by atoms with E-state index in [9.17, 15) is 8.42 Å². The summed E-state index contributed by atoms with van der Waals surface area (Å²) in [7, 11) is -3.10. The number of hydrogen-bond acceptors (Lipinski definition) is 6. The molecule has 1 aromatic rings. The van der Waals surface area contributed by atoms with Gasteiger partial charge in [-0.15, -0.1) is 10.2 Å². The van der Waals surface area contributed by atoms with Crippen molar-refractivity contribution < 1.29 is 12.8 Å². The normalized spacial score (nSPS) is 23.7. The molecule has 0 bridgehead atoms. The third-order valence-corrected chi connectivity index (χ3v) is 5.02. The zero-order valence-corrected chi connectivity index (χ0v) is 10.7. The monoisotopic (exact) mass is 259 g/mol. The van der Waals surface area contributed by atoms with Gasteiger partial charge < -0.3 is 9.73 Å². The number of nitrogens with zero attached hydrogens (tertiary/aromatic N) is 2. The van der Waals surface area contributed by atoms with Crippen LogP contribution in [0.3, 0.4) is 0 Å². The lowest BCUT2D eigenvalue weighted by Crippen LogP contribution is -2.21. The van der Waals surface area contributed by atoms with Crippen molar-refractivity contribution >= 4 is 9.84 Å². The molecule has 1 N–H and O–H groups in total. The molecular formula is C10H17N3O3S. The predicted octanol–water partition coefficient (Wildman–Crippen LogP) is 0.819. The van der Waals surface area contributed by atoms with Crippen molar-refractivity contribution in [2.45, 2.75) is 38.0 Å². The Kier molecular flexibility index (Phi) is 3.78. The van der Waals surface area contributed by atoms with Crippen molar-refractivity contribution in [2.75, 3.05) is 12.3 Å². The average molecular weight is 259 g/mol. The first-order valence-corrected chi connectivity index (χ1v) is 7.59. The molecule has 0 radical (unpaired) electrons. The molecule has 0 spiro atoms. The van der Waals surface area contributed by atoms with E-state index in [2.05, 4.69) is 15.5 Å². The Balaban J connectivity index is 2.13. The summed E-state index contributed by atoms with van der Waals surface area (Å²) in [6, 6.07) is 0. The van der Waals surface area contributed by atoms with Gasteiger partial charge in [-0.3, -0.25) is 0 Å². The molecular weight excluding hydrogens is 242 g/mol. The van der Waals surface area contributed by atoms with Crippen LogP contribution in [0.1, 0.15) is 43.2 Å². The second-order valence-electron chi connectivity index (χ2n) is 4.17. The van der Waals surface area contributed by atoms with Gasteiger partial charge in [0.15, 0.2) is 9.84 Å². The summed E-state index contributed by atoms with van der Waals surface area (Å²) in [5.74, 6) is 0.919. The smallest absolute Gasteiger partial charge is 0.234 e. The Morgan fingerprint density at radius 1 is 1.41 bits per heavy atom. The molecule has 0 aromatic carbocycles. The summed E-state index contributed by atoms with van der Waals surface area (Å²) in [5.41, 5.74) is 0. The fourth-order valence-corrected chi connectivity index (χ4v) is 3.75. The number of aromatic nitrogens is 2. The van der Waals surface area contributed by atoms with Gasteiger partial charge in [0.1, 0.15) is 5.25 Å². The third kappa shape index (κ3) is 2.84. The van der Waals surface area contributed by atoms with Crippen LogP contribution in [-0.4, -0.2) is 30.9 Å². The number of hydrogen-bond donors (Lipinski definition) is 1. The minimum absolute atomic E-state index is 0.225. The molecule has 1 saturated heterocycles. The summed E-state index contributed by atoms with van der Waals surface area (Å²) in [5, 5.41) is 10.2. The molecule has 1 unspecified atom stereocenters. The van der Waals surface area contributed by atoms with Crippen LogP contribution in [-0.2, 0) is 16.4 Å². The SMILES string of the molecule is CCNCc1nnc(C2CCCCS2(=O)=O)o1. The molecule has 17 heavy (non-hydrogen) atoms. The van der Waals surface area contributed by atoms with Gasteiger partial charge in [-0.1, -0.05) is 13.3 Å². The molecule has 2 rings (SSSR count). The first kappa shape index (κ1) is 12.5. The molecule has 96 valence electrons. The summed E-state index contributed by atoms with van der Waals surface area (Å²) in [6.45, 7) is 3.26. The van der Waals surface area contributed by atoms with E-state index < -0.39 is 15.1 Å². The molecule has 1 aliphatic heterocycles. The van der Waals surface area contributed by atoms with Crippen LogP contribution < -0.4 is 5.32 Å². The molecule has 0 aliphatic carbocycles. The van der Waals surface area contributed by atoms with Crippen LogP contribution in [0.2, 0.25) is 0 Å². The summed E-state index contributed by atoms with van der Waals surface area (Å²) >= 11 is 0. The fraction of sp³-hybridized carbons (Fsp3) is 0.800. The molecule has 0 amide bonds. The summed E-state index contributed by atoms with van der Waals surface area (Å²) in [6.07, 6.45) is 2.22. The lowest BCUT2D eigenvalue weighted by molar-refractivity contribution is 0.413. The molecule has 1 atom stereocenters. The first-order chi connectivity index (χ1) is 8.13. The minimum atomic E-state index is -3.10. The maximum absolute atomic E-state index is 11.9. The maximum atomic E-state index is 11.9. The molecule has 1 aromatic heterocycles. The van der Waals surface area contributed by atoms with Crippen LogP contribution in [0.25, 0.3) is 0 Å². The highest BCUT2D eigenvalue weighted by Gasteiger charge is 2.34. The Morgan fingerprint density at radius 2 is 2.24 bits per heavy atom. The zero-order valence-electron chi connectivity index (χ0n) is 9.85. The second kappa shape index (κ2) is 5.14. The molecule has 2 heterocycles. The Morgan fingerprint density at radius 3 is 2.94 bits per heavy atom. The molecule has 1 fully saturated rings. The van der Waals surface area contributed by atoms with Crippen LogP contribution in [0.15, 0.2) is 4.42 Å². The highest BCUT2D eigenvalue weighted by atomic mass is 32.2. The van der Waals surface area contributed by atoms with Crippen molar-refractivity contribution in [1.29, 1.82) is 0 Å². The van der Waals surface area contributed by atoms with Crippen LogP contribution in [0.4, 0.5) is 0 Å². The maximum Gasteiger partial charge on any atom is 0.234 e. The van der Waals surface area contributed by atoms with Crippen molar-refractivity contribution in [2.24, 2.45) is 0 Å². The molecule has 0 saturated carbocycles. The van der Waals surface area contributed by atoms with Gasteiger partial charge in [-0.25, -0.2) is 8.42 Å². The summed E-state index contributed by atoms with van der Waals surface area (Å²) in [4.78, 5) is 0. The highest BCUT2D eigenvalue weighted by Crippen LogP contribution is 2.32. The number of nitrogens with one attached hydrogen (secondary N) is 1. The zero-order chi connectivity index (χ0) is 12.3. The largest absolute Gasteiger partial charge is 0.422 e. The van der Waals surface area contributed by atoms with Crippen LogP contribution in [0, 0.1) is 0 Å². The molecule has 1 aliphatic rings. The van der Waals surface area contributed by atoms with E-state index >= 15 is 0 Å². The van der Waals surface area contributed by atoms with E-state index in [0.717, 1.165) is 19.4 Å². The Hall–Kier alpha value is -0.950. The third-order valence-electron chi connectivity index (χ3n) is 2.86. The average Bonchev–Trinajstić information content (AvgIpc) is 2.74. The summed E-state index contributed by atoms with van der Waals surface area (Å²) < 4.78 is 29.1. The topological polar surface area (TPSA) is 85.1 Å². The number of rotatable bonds is 4. The standard InChI is InChI=1S/C10H17N3O3S/c1-2-11-7-9-12-13-10(16-9)8-5-3-4-6-17(8,14)15/h8,11H,2-7H2,1H3. The predicted molar refractivity (Wildman–Crippen MR) is 62.1 cm³/mol. The highest BCUT2D eigenvalue weighted by molar-refractivity contribution is 7.91. The van der Waals surface area contributed by atoms with Crippen LogP contribution >= 0.6 is 0 Å². The lowest BCUT2D eigenvalue weighted by atomic mass is 10.2. The van der Waals surface area contributed by atoms with E-state index in [0.29, 0.717) is 18.9 Å². The van der Waals surface area contributed by atoms with Crippen molar-refractivity contribution in [3.05, 3.63) is 11.8 Å². The van der Waals surface area contributed by atoms with Gasteiger partial charge in [0.2, 0.25) is 11.8 Å². The van der Waals surface area contributed by atoms with Gasteiger partial charge in [0.05, 0.1) is 12.3 Å². The van der Waals surface area contributed by atoms with Crippen molar-refractivity contribution in [1.82, 2.24) is 15.5 Å². The van der Waals surface area contributed by atoms with E-state index in [4.69, 9.17) is 4.42 Å². The second-order valence-corrected chi connectivity index (χ2v) is 6.47. The van der Waals surface area contributed by atoms with E-state index in [1.165, 1.54) is 0 Å². The van der Waals surface area contributed by atoms with E-state index in [1.807, 2.05) is 6.92 Å². The Labute approximate surface area is 101 Å². The van der Waals surface area contributed by atoms with Crippen molar-refractivity contribution in [3.8, 4) is 0 Å². The number of sulfone groups is 1. The minimum Gasteiger partial charge on any atom is -0.422 e. The quantitative estimate of drug-likeness (QED) is 0.861. The van der Waals surface area contributed by atoms with Crippen molar-refractivity contribution in [3.63, 3.8) is 0 Å². The van der Waals surface area contributed by atoms with E-state index in [1.54, 1.807) is 0 Å². The Bertz CT molecular complexity index is 469. The van der Waals surface area contributed by atoms with Gasteiger partial charge >= 0.3 is 0 Å². The van der Waals surface area contributed by atoms with E-state index in [-0.39, 0.29) is 11.6 Å². The van der Waals surface area contributed by atoms with Gasteiger partial charge in [0.25, 0.3) is 0 Å². The van der Waals surface area contributed by atoms with Gasteiger partial charge in [-0.2, -0.15) is 0 Å².